The van der Waals surface area contributed by atoms with Gasteiger partial charge in [-0.2, -0.15) is 0 Å². The van der Waals surface area contributed by atoms with E-state index in [1.165, 1.54) is 0 Å². The topological polar surface area (TPSA) is 129 Å². The third-order valence-electron chi connectivity index (χ3n) is 2.68. The Morgan fingerprint density at radius 3 is 2.00 bits per heavy atom. The van der Waals surface area contributed by atoms with E-state index in [1.807, 2.05) is 0 Å². The van der Waals surface area contributed by atoms with Crippen LogP contribution in [0, 0.1) is 0 Å². The summed E-state index contributed by atoms with van der Waals surface area (Å²) in [7, 11) is 0. The standard InChI is InChI=1S/C12H18O9/c1-5(13)18-4-8-9(16)10(17)11(19-6(2)14)12(21-8)20-7(3)15/h8-12,16-17H,4H2,1-3H3/t8?,9-,10?,11?,12?/m1/s1. The zero-order chi connectivity index (χ0) is 16.2. The smallest absolute Gasteiger partial charge is 0.305 e. The predicted octanol–water partition coefficient (Wildman–Crippen LogP) is -1.51. The minimum Gasteiger partial charge on any atom is -0.463 e. The molecule has 0 radical (unpaired) electrons. The molecule has 0 aromatic rings. The Labute approximate surface area is 120 Å². The Bertz CT molecular complexity index is 406. The summed E-state index contributed by atoms with van der Waals surface area (Å²) >= 11 is 0. The van der Waals surface area contributed by atoms with Crippen LogP contribution in [0.1, 0.15) is 20.8 Å². The van der Waals surface area contributed by atoms with Crippen LogP contribution in [0.4, 0.5) is 0 Å². The molecule has 0 bridgehead atoms. The second-order valence-electron chi connectivity index (χ2n) is 4.51. The summed E-state index contributed by atoms with van der Waals surface area (Å²) in [5.74, 6) is -2.08. The first-order valence-corrected chi connectivity index (χ1v) is 6.21. The number of ether oxygens (including phenoxy) is 4. The van der Waals surface area contributed by atoms with Crippen molar-refractivity contribution in [2.24, 2.45) is 0 Å². The SMILES string of the molecule is CC(=O)OCC1OC(OC(C)=O)C(OC(C)=O)C(O)[C@@H]1O. The largest absolute Gasteiger partial charge is 0.463 e. The Morgan fingerprint density at radius 2 is 1.52 bits per heavy atom. The van der Waals surface area contributed by atoms with Gasteiger partial charge in [-0.3, -0.25) is 14.4 Å². The molecule has 1 aliphatic heterocycles. The fraction of sp³-hybridized carbons (Fsp3) is 0.750. The molecule has 0 aromatic carbocycles. The van der Waals surface area contributed by atoms with Crippen LogP contribution in [0.15, 0.2) is 0 Å². The molecule has 4 unspecified atom stereocenters. The molecule has 9 nitrogen and oxygen atoms in total. The highest BCUT2D eigenvalue weighted by Gasteiger charge is 2.48. The molecule has 5 atom stereocenters. The van der Waals surface area contributed by atoms with Crippen molar-refractivity contribution >= 4 is 17.9 Å². The Balaban J connectivity index is 2.84. The van der Waals surface area contributed by atoms with Gasteiger partial charge in [0.15, 0.2) is 6.10 Å². The molecule has 1 heterocycles. The number of esters is 3. The molecule has 21 heavy (non-hydrogen) atoms. The van der Waals surface area contributed by atoms with Crippen molar-refractivity contribution in [1.82, 2.24) is 0 Å². The lowest BCUT2D eigenvalue weighted by Crippen LogP contribution is -2.60. The molecule has 0 spiro atoms. The number of rotatable bonds is 4. The Hall–Kier alpha value is -1.71. The summed E-state index contributed by atoms with van der Waals surface area (Å²) in [6, 6.07) is 0. The highest BCUT2D eigenvalue weighted by Crippen LogP contribution is 2.25. The normalized spacial score (nSPS) is 32.1. The zero-order valence-electron chi connectivity index (χ0n) is 11.8. The highest BCUT2D eigenvalue weighted by atomic mass is 16.7. The van der Waals surface area contributed by atoms with Crippen LogP contribution >= 0.6 is 0 Å². The fourth-order valence-corrected chi connectivity index (χ4v) is 1.82. The number of carbonyl (C=O) groups excluding carboxylic acids is 3. The minimum atomic E-state index is -1.56. The molecule has 9 heteroatoms. The highest BCUT2D eigenvalue weighted by molar-refractivity contribution is 5.67. The molecule has 120 valence electrons. The van der Waals surface area contributed by atoms with E-state index in [0.29, 0.717) is 0 Å². The second kappa shape index (κ2) is 7.34. The number of carbonyl (C=O) groups is 3. The van der Waals surface area contributed by atoms with Crippen molar-refractivity contribution in [2.45, 2.75) is 51.5 Å². The Kier molecular flexibility index (Phi) is 6.06. The minimum absolute atomic E-state index is 0.349. The van der Waals surface area contributed by atoms with E-state index in [2.05, 4.69) is 4.74 Å². The number of aliphatic hydroxyl groups excluding tert-OH is 2. The van der Waals surface area contributed by atoms with Gasteiger partial charge in [-0.05, 0) is 0 Å². The van der Waals surface area contributed by atoms with Gasteiger partial charge in [-0.25, -0.2) is 0 Å². The second-order valence-corrected chi connectivity index (χ2v) is 4.51. The van der Waals surface area contributed by atoms with E-state index in [0.717, 1.165) is 20.8 Å². The average Bonchev–Trinajstić information content (AvgIpc) is 2.35. The van der Waals surface area contributed by atoms with Gasteiger partial charge in [0.05, 0.1) is 0 Å². The van der Waals surface area contributed by atoms with Gasteiger partial charge in [-0.1, -0.05) is 0 Å². The van der Waals surface area contributed by atoms with Crippen molar-refractivity contribution in [3.05, 3.63) is 0 Å². The molecular weight excluding hydrogens is 288 g/mol. The van der Waals surface area contributed by atoms with Crippen LogP contribution in [0.5, 0.6) is 0 Å². The van der Waals surface area contributed by atoms with E-state index >= 15 is 0 Å². The summed E-state index contributed by atoms with van der Waals surface area (Å²) in [6.45, 7) is 3.01. The molecular formula is C12H18O9. The van der Waals surface area contributed by atoms with E-state index in [4.69, 9.17) is 14.2 Å². The summed E-state index contributed by atoms with van der Waals surface area (Å²) < 4.78 is 19.5. The quantitative estimate of drug-likeness (QED) is 0.470. The lowest BCUT2D eigenvalue weighted by Gasteiger charge is -2.40. The van der Waals surface area contributed by atoms with E-state index in [9.17, 15) is 24.6 Å². The van der Waals surface area contributed by atoms with Crippen molar-refractivity contribution in [3.63, 3.8) is 0 Å². The van der Waals surface area contributed by atoms with Gasteiger partial charge in [0.25, 0.3) is 0 Å². The van der Waals surface area contributed by atoms with E-state index in [1.54, 1.807) is 0 Å². The first-order valence-electron chi connectivity index (χ1n) is 6.21. The Morgan fingerprint density at radius 1 is 0.952 bits per heavy atom. The van der Waals surface area contributed by atoms with Crippen molar-refractivity contribution in [3.8, 4) is 0 Å². The molecule has 2 N–H and O–H groups in total. The summed E-state index contributed by atoms with van der Waals surface area (Å²) in [6.07, 6.45) is -6.96. The van der Waals surface area contributed by atoms with E-state index < -0.39 is 48.6 Å². The summed E-state index contributed by atoms with van der Waals surface area (Å²) in [5, 5.41) is 19.9. The molecule has 0 amide bonds. The number of aliphatic hydroxyl groups is 2. The van der Waals surface area contributed by atoms with E-state index in [-0.39, 0.29) is 6.61 Å². The van der Waals surface area contributed by atoms with Gasteiger partial charge >= 0.3 is 17.9 Å². The van der Waals surface area contributed by atoms with Gasteiger partial charge in [0.1, 0.15) is 24.9 Å². The van der Waals surface area contributed by atoms with Crippen LogP contribution < -0.4 is 0 Å². The molecule has 1 aliphatic rings. The van der Waals surface area contributed by atoms with Crippen LogP contribution in [0.25, 0.3) is 0 Å². The van der Waals surface area contributed by atoms with Crippen molar-refractivity contribution in [2.75, 3.05) is 6.61 Å². The van der Waals surface area contributed by atoms with Crippen LogP contribution in [0.3, 0.4) is 0 Å². The molecule has 0 aliphatic carbocycles. The van der Waals surface area contributed by atoms with Crippen LogP contribution in [0.2, 0.25) is 0 Å². The first kappa shape index (κ1) is 17.3. The maximum atomic E-state index is 11.0. The third-order valence-corrected chi connectivity index (χ3v) is 2.68. The van der Waals surface area contributed by atoms with Gasteiger partial charge in [-0.15, -0.1) is 0 Å². The molecule has 1 saturated heterocycles. The molecule has 1 rings (SSSR count). The van der Waals surface area contributed by atoms with Crippen molar-refractivity contribution < 1.29 is 43.5 Å². The summed E-state index contributed by atoms with van der Waals surface area (Å²) in [5.41, 5.74) is 0. The lowest BCUT2D eigenvalue weighted by atomic mass is 9.99. The third kappa shape index (κ3) is 4.96. The predicted molar refractivity (Wildman–Crippen MR) is 64.6 cm³/mol. The monoisotopic (exact) mass is 306 g/mol. The maximum Gasteiger partial charge on any atom is 0.305 e. The van der Waals surface area contributed by atoms with Gasteiger partial charge in [0.2, 0.25) is 6.29 Å². The van der Waals surface area contributed by atoms with Crippen LogP contribution in [-0.4, -0.2) is 65.4 Å². The fourth-order valence-electron chi connectivity index (χ4n) is 1.82. The average molecular weight is 306 g/mol. The zero-order valence-corrected chi connectivity index (χ0v) is 11.8. The summed E-state index contributed by atoms with van der Waals surface area (Å²) in [4.78, 5) is 32.8. The van der Waals surface area contributed by atoms with Gasteiger partial charge < -0.3 is 29.2 Å². The number of hydrogen-bond acceptors (Lipinski definition) is 9. The van der Waals surface area contributed by atoms with Crippen LogP contribution in [-0.2, 0) is 33.3 Å². The first-order chi connectivity index (χ1) is 9.72. The molecule has 1 fully saturated rings. The van der Waals surface area contributed by atoms with Gasteiger partial charge in [0, 0.05) is 20.8 Å². The number of hydrogen-bond donors (Lipinski definition) is 2. The molecule has 0 aromatic heterocycles. The van der Waals surface area contributed by atoms with Crippen molar-refractivity contribution in [1.29, 1.82) is 0 Å². The lowest BCUT2D eigenvalue weighted by molar-refractivity contribution is -0.295. The maximum absolute atomic E-state index is 11.0. The molecule has 0 saturated carbocycles.